The van der Waals surface area contributed by atoms with Crippen molar-refractivity contribution in [3.8, 4) is 17.1 Å². The molecule has 3 aromatic rings. The molecule has 1 aromatic heterocycles. The first-order chi connectivity index (χ1) is 14.9. The van der Waals surface area contributed by atoms with E-state index in [-0.39, 0.29) is 12.3 Å². The van der Waals surface area contributed by atoms with Crippen LogP contribution < -0.4 is 10.6 Å². The molecule has 2 aromatic carbocycles. The van der Waals surface area contributed by atoms with Gasteiger partial charge in [-0.2, -0.15) is 0 Å². The van der Waals surface area contributed by atoms with Crippen LogP contribution in [0.4, 0.5) is 4.79 Å². The summed E-state index contributed by atoms with van der Waals surface area (Å²) in [5, 5.41) is 14.5. The largest absolute Gasteiger partial charge is 0.334 e. The molecule has 0 bridgehead atoms. The van der Waals surface area contributed by atoms with Crippen molar-refractivity contribution >= 4 is 35.3 Å². The summed E-state index contributed by atoms with van der Waals surface area (Å²) in [5.74, 6) is 0.125. The van der Waals surface area contributed by atoms with Crippen LogP contribution in [-0.2, 0) is 4.79 Å². The molecule has 0 aliphatic carbocycles. The van der Waals surface area contributed by atoms with E-state index in [9.17, 15) is 9.59 Å². The maximum atomic E-state index is 12.2. The van der Waals surface area contributed by atoms with Gasteiger partial charge in [0.1, 0.15) is 0 Å². The topological polar surface area (TPSA) is 88.9 Å². The molecule has 0 radical (unpaired) electrons. The summed E-state index contributed by atoms with van der Waals surface area (Å²) in [6.07, 6.45) is 1.53. The van der Waals surface area contributed by atoms with Crippen LogP contribution in [0, 0.1) is 13.8 Å². The maximum absolute atomic E-state index is 12.2. The summed E-state index contributed by atoms with van der Waals surface area (Å²) in [6.45, 7) is 7.79. The van der Waals surface area contributed by atoms with E-state index in [1.54, 1.807) is 6.07 Å². The molecule has 0 saturated carbocycles. The highest BCUT2D eigenvalue weighted by atomic mass is 35.5. The number of hydrogen-bond donors (Lipinski definition) is 2. The fraction of sp³-hybridized carbons (Fsp3) is 0.182. The molecular weight excluding hydrogens is 434 g/mol. The Morgan fingerprint density at radius 2 is 1.97 bits per heavy atom. The Kier molecular flexibility index (Phi) is 7.49. The molecule has 2 N–H and O–H groups in total. The number of hydrogen-bond acceptors (Lipinski definition) is 5. The fourth-order valence-electron chi connectivity index (χ4n) is 2.86. The van der Waals surface area contributed by atoms with E-state index < -0.39 is 11.9 Å². The van der Waals surface area contributed by atoms with Crippen LogP contribution in [0.5, 0.6) is 0 Å². The molecule has 0 atom stereocenters. The minimum atomic E-state index is -0.571. The van der Waals surface area contributed by atoms with Crippen molar-refractivity contribution in [2.45, 2.75) is 19.0 Å². The number of amides is 3. The Labute approximate surface area is 189 Å². The van der Waals surface area contributed by atoms with Gasteiger partial charge in [-0.25, -0.2) is 4.79 Å². The van der Waals surface area contributed by atoms with E-state index in [0.717, 1.165) is 22.4 Å². The SMILES string of the molecule is C=CCNC(=O)NC(=O)CSc1nnc(-c2ccccc2Cl)n1-c1cc(C)ccc1C. The Bertz CT molecular complexity index is 1130. The van der Waals surface area contributed by atoms with Gasteiger partial charge in [-0.15, -0.1) is 16.8 Å². The lowest BCUT2D eigenvalue weighted by Gasteiger charge is -2.14. The Hall–Kier alpha value is -3.10. The molecule has 160 valence electrons. The first-order valence-corrected chi connectivity index (χ1v) is 10.9. The lowest BCUT2D eigenvalue weighted by atomic mass is 10.1. The standard InChI is InChI=1S/C22H22ClN5O2S/c1-4-11-24-21(30)25-19(29)13-31-22-27-26-20(16-7-5-6-8-17(16)23)28(22)18-12-14(2)9-10-15(18)3/h4-10,12H,1,11,13H2,2-3H3,(H2,24,25,29,30). The Morgan fingerprint density at radius 3 is 2.71 bits per heavy atom. The zero-order chi connectivity index (χ0) is 22.4. The highest BCUT2D eigenvalue weighted by Gasteiger charge is 2.20. The van der Waals surface area contributed by atoms with Crippen molar-refractivity contribution in [2.24, 2.45) is 0 Å². The first kappa shape index (κ1) is 22.6. The first-order valence-electron chi connectivity index (χ1n) is 9.50. The van der Waals surface area contributed by atoms with Crippen molar-refractivity contribution in [1.29, 1.82) is 0 Å². The number of carbonyl (C=O) groups excluding carboxylic acids is 2. The Balaban J connectivity index is 1.93. The van der Waals surface area contributed by atoms with Gasteiger partial charge in [0.15, 0.2) is 11.0 Å². The van der Waals surface area contributed by atoms with Gasteiger partial charge in [-0.05, 0) is 43.2 Å². The highest BCUT2D eigenvalue weighted by Crippen LogP contribution is 2.33. The second-order valence-electron chi connectivity index (χ2n) is 6.75. The molecule has 3 amide bonds. The average Bonchev–Trinajstić information content (AvgIpc) is 3.16. The predicted octanol–water partition coefficient (Wildman–Crippen LogP) is 4.31. The second kappa shape index (κ2) is 10.3. The van der Waals surface area contributed by atoms with Gasteiger partial charge in [-0.3, -0.25) is 14.7 Å². The number of benzene rings is 2. The van der Waals surface area contributed by atoms with Gasteiger partial charge in [-0.1, -0.05) is 53.7 Å². The van der Waals surface area contributed by atoms with Crippen LogP contribution in [0.1, 0.15) is 11.1 Å². The molecule has 1 heterocycles. The number of aromatic nitrogens is 3. The number of nitrogens with one attached hydrogen (secondary N) is 2. The van der Waals surface area contributed by atoms with E-state index in [1.165, 1.54) is 17.8 Å². The fourth-order valence-corrected chi connectivity index (χ4v) is 3.82. The van der Waals surface area contributed by atoms with Crippen molar-refractivity contribution in [3.05, 3.63) is 71.3 Å². The zero-order valence-electron chi connectivity index (χ0n) is 17.2. The second-order valence-corrected chi connectivity index (χ2v) is 8.10. The van der Waals surface area contributed by atoms with Gasteiger partial charge in [0, 0.05) is 12.1 Å². The quantitative estimate of drug-likeness (QED) is 0.409. The molecular formula is C22H22ClN5O2S. The summed E-state index contributed by atoms with van der Waals surface area (Å²) in [4.78, 5) is 23.9. The number of nitrogens with zero attached hydrogens (tertiary/aromatic N) is 3. The maximum Gasteiger partial charge on any atom is 0.321 e. The van der Waals surface area contributed by atoms with Crippen LogP contribution in [0.3, 0.4) is 0 Å². The normalized spacial score (nSPS) is 10.5. The van der Waals surface area contributed by atoms with Crippen molar-refractivity contribution in [3.63, 3.8) is 0 Å². The third-order valence-electron chi connectivity index (χ3n) is 4.35. The summed E-state index contributed by atoms with van der Waals surface area (Å²) in [5.41, 5.74) is 3.73. The molecule has 3 rings (SSSR count). The van der Waals surface area contributed by atoms with Crippen LogP contribution in [0.15, 0.2) is 60.3 Å². The van der Waals surface area contributed by atoms with Crippen LogP contribution in [-0.4, -0.2) is 39.0 Å². The van der Waals surface area contributed by atoms with Crippen LogP contribution in [0.25, 0.3) is 17.1 Å². The Morgan fingerprint density at radius 1 is 1.19 bits per heavy atom. The molecule has 0 spiro atoms. The van der Waals surface area contributed by atoms with Gasteiger partial charge < -0.3 is 5.32 Å². The lowest BCUT2D eigenvalue weighted by molar-refractivity contribution is -0.117. The summed E-state index contributed by atoms with van der Waals surface area (Å²) in [7, 11) is 0. The number of aryl methyl sites for hydroxylation is 2. The molecule has 0 saturated heterocycles. The summed E-state index contributed by atoms with van der Waals surface area (Å²) < 4.78 is 1.89. The number of imide groups is 1. The van der Waals surface area contributed by atoms with Crippen LogP contribution >= 0.6 is 23.4 Å². The predicted molar refractivity (Wildman–Crippen MR) is 124 cm³/mol. The minimum absolute atomic E-state index is 0.00692. The van der Waals surface area contributed by atoms with E-state index in [1.807, 2.05) is 54.8 Å². The molecule has 0 aliphatic rings. The number of urea groups is 1. The van der Waals surface area contributed by atoms with Crippen molar-refractivity contribution in [1.82, 2.24) is 25.4 Å². The molecule has 0 unspecified atom stereocenters. The number of halogens is 1. The summed E-state index contributed by atoms with van der Waals surface area (Å²) >= 11 is 7.61. The van der Waals surface area contributed by atoms with E-state index in [4.69, 9.17) is 11.6 Å². The van der Waals surface area contributed by atoms with Gasteiger partial charge in [0.05, 0.1) is 16.5 Å². The monoisotopic (exact) mass is 455 g/mol. The highest BCUT2D eigenvalue weighted by molar-refractivity contribution is 7.99. The molecule has 0 aliphatic heterocycles. The number of thioether (sulfide) groups is 1. The zero-order valence-corrected chi connectivity index (χ0v) is 18.8. The van der Waals surface area contributed by atoms with Gasteiger partial charge in [0.25, 0.3) is 0 Å². The van der Waals surface area contributed by atoms with E-state index >= 15 is 0 Å². The van der Waals surface area contributed by atoms with E-state index in [2.05, 4.69) is 27.4 Å². The van der Waals surface area contributed by atoms with Gasteiger partial charge >= 0.3 is 6.03 Å². The molecule has 9 heteroatoms. The summed E-state index contributed by atoms with van der Waals surface area (Å²) in [6, 6.07) is 12.9. The smallest absolute Gasteiger partial charge is 0.321 e. The molecule has 31 heavy (non-hydrogen) atoms. The van der Waals surface area contributed by atoms with Crippen molar-refractivity contribution < 1.29 is 9.59 Å². The third-order valence-corrected chi connectivity index (χ3v) is 5.60. The lowest BCUT2D eigenvalue weighted by Crippen LogP contribution is -2.40. The van der Waals surface area contributed by atoms with Crippen molar-refractivity contribution in [2.75, 3.05) is 12.3 Å². The molecule has 7 nitrogen and oxygen atoms in total. The van der Waals surface area contributed by atoms with Gasteiger partial charge in [0.2, 0.25) is 5.91 Å². The number of rotatable bonds is 7. The van der Waals surface area contributed by atoms with Crippen LogP contribution in [0.2, 0.25) is 5.02 Å². The average molecular weight is 456 g/mol. The third kappa shape index (κ3) is 5.53. The van der Waals surface area contributed by atoms with E-state index in [0.29, 0.717) is 16.0 Å². The minimum Gasteiger partial charge on any atom is -0.334 e. The number of carbonyl (C=O) groups is 2. The molecule has 0 fully saturated rings.